The van der Waals surface area contributed by atoms with Gasteiger partial charge in [-0.25, -0.2) is 14.2 Å². The lowest BCUT2D eigenvalue weighted by Gasteiger charge is -2.16. The summed E-state index contributed by atoms with van der Waals surface area (Å²) in [4.78, 5) is 32.0. The van der Waals surface area contributed by atoms with Gasteiger partial charge in [-0.1, -0.05) is 12.1 Å². The predicted molar refractivity (Wildman–Crippen MR) is 71.8 cm³/mol. The number of benzene rings is 1. The normalized spacial score (nSPS) is 16.6. The fraction of sp³-hybridized carbons (Fsp3) is 0.214. The lowest BCUT2D eigenvalue weighted by Crippen LogP contribution is -2.23. The van der Waals surface area contributed by atoms with Gasteiger partial charge in [0.15, 0.2) is 0 Å². The molecule has 0 spiro atoms. The highest BCUT2D eigenvalue weighted by atomic mass is 16.6. The Morgan fingerprint density at radius 2 is 2.00 bits per heavy atom. The predicted octanol–water partition coefficient (Wildman–Crippen LogP) is 1.58. The summed E-state index contributed by atoms with van der Waals surface area (Å²) in [6.07, 6.45) is 0. The Bertz CT molecular complexity index is 949. The second-order valence-corrected chi connectivity index (χ2v) is 5.34. The van der Waals surface area contributed by atoms with Gasteiger partial charge < -0.3 is 9.72 Å². The van der Waals surface area contributed by atoms with Gasteiger partial charge in [0, 0.05) is 0 Å². The van der Waals surface area contributed by atoms with Crippen molar-refractivity contribution in [2.45, 2.75) is 19.4 Å². The molecule has 0 bridgehead atoms. The molecule has 2 aromatic heterocycles. The number of rotatable bonds is 0. The van der Waals surface area contributed by atoms with E-state index >= 15 is 0 Å². The van der Waals surface area contributed by atoms with E-state index in [1.165, 1.54) is 4.40 Å². The number of hydrogen-bond acceptors (Lipinski definition) is 4. The number of ether oxygens (including phenoxy) is 1. The number of hydrogen-bond donors (Lipinski definition) is 1. The second kappa shape index (κ2) is 3.27. The van der Waals surface area contributed by atoms with Gasteiger partial charge in [-0.3, -0.25) is 4.79 Å². The van der Waals surface area contributed by atoms with Crippen LogP contribution >= 0.6 is 0 Å². The van der Waals surface area contributed by atoms with E-state index in [9.17, 15) is 9.59 Å². The first-order chi connectivity index (χ1) is 9.49. The van der Waals surface area contributed by atoms with Gasteiger partial charge in [0.25, 0.3) is 5.56 Å². The van der Waals surface area contributed by atoms with E-state index in [4.69, 9.17) is 4.74 Å². The molecular weight excluding hydrogens is 258 g/mol. The van der Waals surface area contributed by atoms with Crippen molar-refractivity contribution in [3.8, 4) is 0 Å². The number of H-pyrrole nitrogens is 1. The molecule has 6 heteroatoms. The standard InChI is InChI=1S/C14H11N3O3/c1-14(2)10-9(12(19)20-14)11(18)17-8-6-4-3-5-7(8)15-13(17)16-10/h3-6H,1-2H3,(H,15,16). The van der Waals surface area contributed by atoms with Crippen molar-refractivity contribution in [1.29, 1.82) is 0 Å². The van der Waals surface area contributed by atoms with Gasteiger partial charge in [0.05, 0.1) is 16.7 Å². The Kier molecular flexibility index (Phi) is 1.84. The number of esters is 1. The van der Waals surface area contributed by atoms with Crippen LogP contribution in [0.2, 0.25) is 0 Å². The molecule has 0 atom stereocenters. The summed E-state index contributed by atoms with van der Waals surface area (Å²) >= 11 is 0. The van der Waals surface area contributed by atoms with Crippen molar-refractivity contribution in [2.75, 3.05) is 0 Å². The molecule has 0 fully saturated rings. The third-order valence-corrected chi connectivity index (χ3v) is 3.62. The molecule has 0 saturated carbocycles. The van der Waals surface area contributed by atoms with Gasteiger partial charge in [-0.05, 0) is 26.0 Å². The number of aromatic amines is 1. The monoisotopic (exact) mass is 269 g/mol. The number of imidazole rings is 1. The lowest BCUT2D eigenvalue weighted by molar-refractivity contribution is 0.00833. The van der Waals surface area contributed by atoms with E-state index in [0.717, 1.165) is 0 Å². The maximum Gasteiger partial charge on any atom is 0.346 e. The summed E-state index contributed by atoms with van der Waals surface area (Å²) < 4.78 is 6.65. The van der Waals surface area contributed by atoms with Crippen LogP contribution in [0.5, 0.6) is 0 Å². The lowest BCUT2D eigenvalue weighted by atomic mass is 10.0. The number of carbonyl (C=O) groups excluding carboxylic acids is 1. The van der Waals surface area contributed by atoms with Gasteiger partial charge in [-0.2, -0.15) is 0 Å². The Labute approximate surface area is 113 Å². The van der Waals surface area contributed by atoms with Gasteiger partial charge in [-0.15, -0.1) is 0 Å². The molecule has 0 aliphatic carbocycles. The van der Waals surface area contributed by atoms with Crippen LogP contribution in [0.4, 0.5) is 0 Å². The Balaban J connectivity index is 2.26. The third-order valence-electron chi connectivity index (χ3n) is 3.62. The molecule has 0 unspecified atom stereocenters. The van der Waals surface area contributed by atoms with Gasteiger partial charge in [0.1, 0.15) is 11.2 Å². The molecule has 20 heavy (non-hydrogen) atoms. The molecule has 1 aliphatic heterocycles. The number of aromatic nitrogens is 3. The van der Waals surface area contributed by atoms with Crippen molar-refractivity contribution in [2.24, 2.45) is 0 Å². The number of nitrogens with zero attached hydrogens (tertiary/aromatic N) is 2. The maximum atomic E-state index is 12.6. The van der Waals surface area contributed by atoms with E-state index in [-0.39, 0.29) is 5.56 Å². The van der Waals surface area contributed by atoms with Crippen molar-refractivity contribution in [1.82, 2.24) is 14.4 Å². The fourth-order valence-corrected chi connectivity index (χ4v) is 2.68. The Hall–Kier alpha value is -2.63. The largest absolute Gasteiger partial charge is 0.449 e. The van der Waals surface area contributed by atoms with E-state index in [1.807, 2.05) is 18.2 Å². The Morgan fingerprint density at radius 1 is 1.25 bits per heavy atom. The molecule has 0 radical (unpaired) electrons. The first kappa shape index (κ1) is 11.2. The summed E-state index contributed by atoms with van der Waals surface area (Å²) in [5.74, 6) is -0.174. The first-order valence-corrected chi connectivity index (χ1v) is 6.26. The smallest absolute Gasteiger partial charge is 0.346 e. The minimum atomic E-state index is -0.842. The first-order valence-electron chi connectivity index (χ1n) is 6.26. The molecule has 100 valence electrons. The summed E-state index contributed by atoms with van der Waals surface area (Å²) in [7, 11) is 0. The molecule has 6 nitrogen and oxygen atoms in total. The van der Waals surface area contributed by atoms with Crippen LogP contribution in [0.15, 0.2) is 29.1 Å². The molecule has 3 aromatic rings. The van der Waals surface area contributed by atoms with Crippen molar-refractivity contribution in [3.63, 3.8) is 0 Å². The summed E-state index contributed by atoms with van der Waals surface area (Å²) in [6, 6.07) is 7.29. The van der Waals surface area contributed by atoms with E-state index in [0.29, 0.717) is 22.5 Å². The zero-order valence-electron chi connectivity index (χ0n) is 10.9. The van der Waals surface area contributed by atoms with Gasteiger partial charge >= 0.3 is 5.97 Å². The van der Waals surface area contributed by atoms with Crippen LogP contribution in [-0.2, 0) is 10.3 Å². The van der Waals surface area contributed by atoms with E-state index in [2.05, 4.69) is 9.97 Å². The molecule has 0 amide bonds. The molecule has 1 N–H and O–H groups in total. The van der Waals surface area contributed by atoms with Crippen LogP contribution in [0, 0.1) is 0 Å². The van der Waals surface area contributed by atoms with E-state index in [1.54, 1.807) is 19.9 Å². The average Bonchev–Trinajstić information content (AvgIpc) is 2.85. The molecule has 0 saturated heterocycles. The molecule has 4 rings (SSSR count). The topological polar surface area (TPSA) is 76.5 Å². The highest BCUT2D eigenvalue weighted by Gasteiger charge is 2.41. The van der Waals surface area contributed by atoms with E-state index < -0.39 is 17.1 Å². The number of nitrogens with one attached hydrogen (secondary N) is 1. The fourth-order valence-electron chi connectivity index (χ4n) is 2.68. The van der Waals surface area contributed by atoms with Crippen LogP contribution < -0.4 is 5.56 Å². The summed E-state index contributed by atoms with van der Waals surface area (Å²) in [5.41, 5.74) is 0.685. The molecule has 1 aliphatic rings. The van der Waals surface area contributed by atoms with Crippen molar-refractivity contribution >= 4 is 22.8 Å². The molecule has 1 aromatic carbocycles. The minimum Gasteiger partial charge on any atom is -0.449 e. The van der Waals surface area contributed by atoms with Crippen LogP contribution in [0.3, 0.4) is 0 Å². The quantitative estimate of drug-likeness (QED) is 0.629. The highest BCUT2D eigenvalue weighted by Crippen LogP contribution is 2.33. The van der Waals surface area contributed by atoms with Crippen LogP contribution in [0.25, 0.3) is 16.8 Å². The number of cyclic esters (lactones) is 1. The van der Waals surface area contributed by atoms with Crippen LogP contribution in [0.1, 0.15) is 29.9 Å². The highest BCUT2D eigenvalue weighted by molar-refractivity contribution is 5.94. The summed E-state index contributed by atoms with van der Waals surface area (Å²) in [6.45, 7) is 3.48. The maximum absolute atomic E-state index is 12.6. The number of para-hydroxylation sites is 2. The Morgan fingerprint density at radius 3 is 2.80 bits per heavy atom. The number of carbonyl (C=O) groups is 1. The zero-order chi connectivity index (χ0) is 14.1. The number of fused-ring (bicyclic) bond motifs is 4. The van der Waals surface area contributed by atoms with Gasteiger partial charge in [0.2, 0.25) is 5.78 Å². The van der Waals surface area contributed by atoms with Crippen LogP contribution in [-0.4, -0.2) is 20.3 Å². The zero-order valence-corrected chi connectivity index (χ0v) is 10.9. The minimum absolute atomic E-state index is 0.0608. The summed E-state index contributed by atoms with van der Waals surface area (Å²) in [5, 5.41) is 0. The van der Waals surface area contributed by atoms with Crippen molar-refractivity contribution in [3.05, 3.63) is 45.9 Å². The SMILES string of the molecule is CC1(C)OC(=O)c2c1[nH]c1nc3ccccc3n1c2=O. The third kappa shape index (κ3) is 1.20. The molecule has 3 heterocycles. The molecular formula is C14H11N3O3. The average molecular weight is 269 g/mol. The second-order valence-electron chi connectivity index (χ2n) is 5.34. The van der Waals surface area contributed by atoms with Crippen molar-refractivity contribution < 1.29 is 9.53 Å².